The van der Waals surface area contributed by atoms with Crippen LogP contribution in [0.1, 0.15) is 37.7 Å². The quantitative estimate of drug-likeness (QED) is 0.796. The number of carbonyl (C=O) groups excluding carboxylic acids is 3. The van der Waals surface area contributed by atoms with Crippen LogP contribution in [0.25, 0.3) is 0 Å². The maximum absolute atomic E-state index is 12.4. The predicted octanol–water partition coefficient (Wildman–Crippen LogP) is 1.40. The first-order valence-corrected chi connectivity index (χ1v) is 9.08. The lowest BCUT2D eigenvalue weighted by Gasteiger charge is -2.39. The second-order valence-corrected chi connectivity index (χ2v) is 6.89. The van der Waals surface area contributed by atoms with E-state index in [2.05, 4.69) is 10.6 Å². The lowest BCUT2D eigenvalue weighted by molar-refractivity contribution is -0.141. The molecule has 2 aliphatic rings. The van der Waals surface area contributed by atoms with Gasteiger partial charge in [-0.1, -0.05) is 30.3 Å². The highest BCUT2D eigenvalue weighted by molar-refractivity contribution is 5.87. The molecule has 0 unspecified atom stereocenters. The van der Waals surface area contributed by atoms with Crippen molar-refractivity contribution < 1.29 is 19.1 Å². The molecule has 1 spiro atoms. The Morgan fingerprint density at radius 3 is 2.62 bits per heavy atom. The summed E-state index contributed by atoms with van der Waals surface area (Å²) in [7, 11) is 0. The number of likely N-dealkylation sites (tertiary alicyclic amines) is 1. The molecular weight excluding hydrogens is 334 g/mol. The van der Waals surface area contributed by atoms with Gasteiger partial charge in [-0.2, -0.15) is 0 Å². The largest absolute Gasteiger partial charge is 0.465 e. The van der Waals surface area contributed by atoms with Gasteiger partial charge in [0.15, 0.2) is 0 Å². The van der Waals surface area contributed by atoms with E-state index >= 15 is 0 Å². The van der Waals surface area contributed by atoms with Gasteiger partial charge < -0.3 is 20.3 Å². The minimum absolute atomic E-state index is 0.0661. The van der Waals surface area contributed by atoms with Crippen molar-refractivity contribution in [3.8, 4) is 0 Å². The molecule has 2 heterocycles. The first kappa shape index (κ1) is 18.2. The summed E-state index contributed by atoms with van der Waals surface area (Å²) >= 11 is 0. The van der Waals surface area contributed by atoms with Crippen molar-refractivity contribution in [2.24, 2.45) is 0 Å². The molecule has 2 fully saturated rings. The second-order valence-electron chi connectivity index (χ2n) is 6.89. The number of carbonyl (C=O) groups is 3. The molecule has 7 nitrogen and oxygen atoms in total. The molecule has 0 saturated carbocycles. The Bertz CT molecular complexity index is 669. The Kier molecular flexibility index (Phi) is 5.44. The molecule has 2 aliphatic heterocycles. The van der Waals surface area contributed by atoms with Crippen molar-refractivity contribution in [2.75, 3.05) is 26.2 Å². The van der Waals surface area contributed by atoms with Gasteiger partial charge in [-0.15, -0.1) is 0 Å². The van der Waals surface area contributed by atoms with E-state index in [0.717, 1.165) is 24.8 Å². The Morgan fingerprint density at radius 1 is 1.27 bits per heavy atom. The smallest absolute Gasteiger partial charge is 0.325 e. The zero-order valence-electron chi connectivity index (χ0n) is 15.0. The topological polar surface area (TPSA) is 87.7 Å². The van der Waals surface area contributed by atoms with E-state index in [-0.39, 0.29) is 29.9 Å². The van der Waals surface area contributed by atoms with Crippen LogP contribution in [0.4, 0.5) is 4.79 Å². The summed E-state index contributed by atoms with van der Waals surface area (Å²) in [6, 6.07) is 9.55. The van der Waals surface area contributed by atoms with Crippen LogP contribution < -0.4 is 10.6 Å². The highest BCUT2D eigenvalue weighted by Gasteiger charge is 2.46. The van der Waals surface area contributed by atoms with Crippen molar-refractivity contribution in [1.29, 1.82) is 0 Å². The lowest BCUT2D eigenvalue weighted by Crippen LogP contribution is -2.54. The van der Waals surface area contributed by atoms with Crippen LogP contribution in [0.5, 0.6) is 0 Å². The number of nitrogens with one attached hydrogen (secondary N) is 2. The number of amides is 3. The number of nitrogens with zero attached hydrogens (tertiary/aromatic N) is 1. The van der Waals surface area contributed by atoms with Gasteiger partial charge in [-0.3, -0.25) is 9.59 Å². The fourth-order valence-electron chi connectivity index (χ4n) is 3.78. The number of hydrogen-bond acceptors (Lipinski definition) is 4. The highest BCUT2D eigenvalue weighted by atomic mass is 16.5. The number of rotatable bonds is 4. The van der Waals surface area contributed by atoms with Gasteiger partial charge in [0.2, 0.25) is 5.91 Å². The maximum Gasteiger partial charge on any atom is 0.325 e. The van der Waals surface area contributed by atoms with Gasteiger partial charge in [0.25, 0.3) is 0 Å². The summed E-state index contributed by atoms with van der Waals surface area (Å²) in [6.45, 7) is 3.00. The van der Waals surface area contributed by atoms with Crippen LogP contribution in [0, 0.1) is 0 Å². The fourth-order valence-corrected chi connectivity index (χ4v) is 3.78. The third-order valence-corrected chi connectivity index (χ3v) is 5.20. The SMILES string of the molecule is CCOC(=O)CNC(=O)N1CCC2(CC1)C[C@H](c1ccccc1)C(=O)N2. The number of ether oxygens (including phenoxy) is 1. The predicted molar refractivity (Wildman–Crippen MR) is 95.5 cm³/mol. The summed E-state index contributed by atoms with van der Waals surface area (Å²) in [5, 5.41) is 5.76. The van der Waals surface area contributed by atoms with Gasteiger partial charge in [0.05, 0.1) is 12.5 Å². The first-order chi connectivity index (χ1) is 12.5. The molecule has 1 aromatic rings. The van der Waals surface area contributed by atoms with Gasteiger partial charge >= 0.3 is 12.0 Å². The van der Waals surface area contributed by atoms with E-state index in [0.29, 0.717) is 19.7 Å². The van der Waals surface area contributed by atoms with E-state index < -0.39 is 5.97 Å². The molecule has 2 saturated heterocycles. The van der Waals surface area contributed by atoms with E-state index in [4.69, 9.17) is 4.74 Å². The van der Waals surface area contributed by atoms with E-state index in [1.54, 1.807) is 11.8 Å². The number of hydrogen-bond donors (Lipinski definition) is 2. The zero-order chi connectivity index (χ0) is 18.6. The van der Waals surface area contributed by atoms with Gasteiger partial charge in [0, 0.05) is 18.6 Å². The number of piperidine rings is 1. The van der Waals surface area contributed by atoms with Crippen LogP contribution >= 0.6 is 0 Å². The summed E-state index contributed by atoms with van der Waals surface area (Å²) in [4.78, 5) is 37.7. The van der Waals surface area contributed by atoms with Crippen molar-refractivity contribution in [3.63, 3.8) is 0 Å². The molecule has 0 aliphatic carbocycles. The van der Waals surface area contributed by atoms with Crippen molar-refractivity contribution in [1.82, 2.24) is 15.5 Å². The molecule has 0 radical (unpaired) electrons. The van der Waals surface area contributed by atoms with Gasteiger partial charge in [-0.25, -0.2) is 4.79 Å². The lowest BCUT2D eigenvalue weighted by atomic mass is 9.82. The standard InChI is InChI=1S/C19H25N3O4/c1-2-26-16(23)13-20-18(25)22-10-8-19(9-11-22)12-15(17(24)21-19)14-6-4-3-5-7-14/h3-7,15H,2,8-13H2,1H3,(H,20,25)(H,21,24)/t15-/m1/s1. The van der Waals surface area contributed by atoms with E-state index in [1.165, 1.54) is 0 Å². The summed E-state index contributed by atoms with van der Waals surface area (Å²) in [5.41, 5.74) is 0.798. The monoisotopic (exact) mass is 359 g/mol. The third kappa shape index (κ3) is 3.98. The Balaban J connectivity index is 1.53. The molecule has 7 heteroatoms. The highest BCUT2D eigenvalue weighted by Crippen LogP contribution is 2.39. The fraction of sp³-hybridized carbons (Fsp3) is 0.526. The molecule has 26 heavy (non-hydrogen) atoms. The molecular formula is C19H25N3O4. The summed E-state index contributed by atoms with van der Waals surface area (Å²) in [5.74, 6) is -0.500. The maximum atomic E-state index is 12.4. The van der Waals surface area contributed by atoms with Crippen molar-refractivity contribution >= 4 is 17.9 Å². The Morgan fingerprint density at radius 2 is 1.96 bits per heavy atom. The molecule has 0 aromatic heterocycles. The molecule has 1 atom stereocenters. The average Bonchev–Trinajstić information content (AvgIpc) is 2.97. The van der Waals surface area contributed by atoms with Gasteiger partial charge in [0.1, 0.15) is 6.54 Å². The molecule has 0 bridgehead atoms. The number of benzene rings is 1. The minimum Gasteiger partial charge on any atom is -0.465 e. The molecule has 140 valence electrons. The second kappa shape index (κ2) is 7.76. The molecule has 3 rings (SSSR count). The normalized spacial score (nSPS) is 21.3. The van der Waals surface area contributed by atoms with E-state index in [9.17, 15) is 14.4 Å². The number of esters is 1. The Labute approximate surface area is 153 Å². The van der Waals surface area contributed by atoms with Crippen LogP contribution in [-0.2, 0) is 14.3 Å². The average molecular weight is 359 g/mol. The van der Waals surface area contributed by atoms with Crippen LogP contribution in [0.2, 0.25) is 0 Å². The van der Waals surface area contributed by atoms with E-state index in [1.807, 2.05) is 30.3 Å². The minimum atomic E-state index is -0.442. The number of urea groups is 1. The molecule has 1 aromatic carbocycles. The molecule has 3 amide bonds. The third-order valence-electron chi connectivity index (χ3n) is 5.20. The first-order valence-electron chi connectivity index (χ1n) is 9.08. The van der Waals surface area contributed by atoms with Crippen molar-refractivity contribution in [3.05, 3.63) is 35.9 Å². The molecule has 2 N–H and O–H groups in total. The zero-order valence-corrected chi connectivity index (χ0v) is 15.0. The van der Waals surface area contributed by atoms with Crippen molar-refractivity contribution in [2.45, 2.75) is 37.6 Å². The van der Waals surface area contributed by atoms with Crippen LogP contribution in [0.15, 0.2) is 30.3 Å². The van der Waals surface area contributed by atoms with Crippen LogP contribution in [0.3, 0.4) is 0 Å². The summed E-state index contributed by atoms with van der Waals surface area (Å²) < 4.78 is 4.80. The van der Waals surface area contributed by atoms with Gasteiger partial charge in [-0.05, 0) is 31.7 Å². The van der Waals surface area contributed by atoms with Crippen LogP contribution in [-0.4, -0.2) is 54.6 Å². The Hall–Kier alpha value is -2.57. The summed E-state index contributed by atoms with van der Waals surface area (Å²) in [6.07, 6.45) is 2.19.